The zero-order valence-corrected chi connectivity index (χ0v) is 15.8. The molecule has 5 nitrogen and oxygen atoms in total. The number of carbonyl (C=O) groups excluding carboxylic acids is 2. The van der Waals surface area contributed by atoms with Gasteiger partial charge in [-0.25, -0.2) is 0 Å². The highest BCUT2D eigenvalue weighted by atomic mass is 16.2. The molecule has 24 heavy (non-hydrogen) atoms. The molecule has 0 fully saturated rings. The highest BCUT2D eigenvalue weighted by Gasteiger charge is 2.20. The van der Waals surface area contributed by atoms with Crippen LogP contribution in [0, 0.1) is 5.41 Å². The molecule has 0 aromatic heterocycles. The lowest BCUT2D eigenvalue weighted by Gasteiger charge is -2.18. The molecule has 1 rings (SSSR count). The molecule has 0 unspecified atom stereocenters. The fourth-order valence-corrected chi connectivity index (χ4v) is 2.24. The Morgan fingerprint density at radius 1 is 1.12 bits per heavy atom. The highest BCUT2D eigenvalue weighted by molar-refractivity contribution is 5.82. The van der Waals surface area contributed by atoms with Gasteiger partial charge in [0.15, 0.2) is 0 Å². The zero-order valence-electron chi connectivity index (χ0n) is 15.8. The lowest BCUT2D eigenvalue weighted by Crippen LogP contribution is -2.39. The molecule has 0 aliphatic heterocycles. The molecule has 5 heteroatoms. The molecule has 0 radical (unpaired) electrons. The molecule has 0 aliphatic rings. The summed E-state index contributed by atoms with van der Waals surface area (Å²) in [6.07, 6.45) is 1.08. The molecule has 2 N–H and O–H groups in total. The van der Waals surface area contributed by atoms with Crippen LogP contribution < -0.4 is 15.5 Å². The topological polar surface area (TPSA) is 61.4 Å². The molecule has 0 heterocycles. The second kappa shape index (κ2) is 8.71. The minimum absolute atomic E-state index is 0.0377. The van der Waals surface area contributed by atoms with E-state index in [0.29, 0.717) is 13.0 Å². The van der Waals surface area contributed by atoms with Crippen LogP contribution in [0.5, 0.6) is 0 Å². The molecule has 0 saturated heterocycles. The first-order valence-electron chi connectivity index (χ1n) is 8.43. The molecule has 134 valence electrons. The van der Waals surface area contributed by atoms with Gasteiger partial charge in [-0.1, -0.05) is 32.9 Å². The van der Waals surface area contributed by atoms with Gasteiger partial charge in [0.2, 0.25) is 11.8 Å². The van der Waals surface area contributed by atoms with Crippen molar-refractivity contribution in [2.45, 2.75) is 46.6 Å². The van der Waals surface area contributed by atoms with Crippen LogP contribution in [-0.2, 0) is 16.0 Å². The number of nitrogens with one attached hydrogen (secondary N) is 2. The van der Waals surface area contributed by atoms with Crippen molar-refractivity contribution in [3.8, 4) is 0 Å². The predicted molar refractivity (Wildman–Crippen MR) is 99.2 cm³/mol. The Kier molecular flexibility index (Phi) is 7.26. The van der Waals surface area contributed by atoms with Crippen LogP contribution in [0.4, 0.5) is 5.69 Å². The van der Waals surface area contributed by atoms with Crippen LogP contribution in [0.1, 0.15) is 39.7 Å². The van der Waals surface area contributed by atoms with E-state index in [4.69, 9.17) is 0 Å². The number of nitrogens with zero attached hydrogens (tertiary/aromatic N) is 1. The third-order valence-corrected chi connectivity index (χ3v) is 3.72. The first kappa shape index (κ1) is 20.0. The molecule has 1 aromatic carbocycles. The van der Waals surface area contributed by atoms with Gasteiger partial charge in [0, 0.05) is 44.2 Å². The largest absolute Gasteiger partial charge is 0.378 e. The summed E-state index contributed by atoms with van der Waals surface area (Å²) in [7, 11) is 4.02. The monoisotopic (exact) mass is 333 g/mol. The minimum atomic E-state index is -0.428. The van der Waals surface area contributed by atoms with Gasteiger partial charge in [0.1, 0.15) is 0 Å². The maximum atomic E-state index is 11.9. The highest BCUT2D eigenvalue weighted by Crippen LogP contribution is 2.14. The van der Waals surface area contributed by atoms with Gasteiger partial charge < -0.3 is 15.5 Å². The summed E-state index contributed by atoms with van der Waals surface area (Å²) >= 11 is 0. The summed E-state index contributed by atoms with van der Waals surface area (Å²) in [5.41, 5.74) is 1.92. The van der Waals surface area contributed by atoms with E-state index in [1.165, 1.54) is 5.56 Å². The molecule has 2 amide bonds. The van der Waals surface area contributed by atoms with Crippen molar-refractivity contribution in [1.82, 2.24) is 10.6 Å². The lowest BCUT2D eigenvalue weighted by molar-refractivity contribution is -0.128. The van der Waals surface area contributed by atoms with Crippen LogP contribution in [0.15, 0.2) is 24.3 Å². The first-order chi connectivity index (χ1) is 11.1. The maximum Gasteiger partial charge on any atom is 0.225 e. The van der Waals surface area contributed by atoms with Crippen LogP contribution >= 0.6 is 0 Å². The first-order valence-corrected chi connectivity index (χ1v) is 8.43. The van der Waals surface area contributed by atoms with E-state index in [9.17, 15) is 9.59 Å². The van der Waals surface area contributed by atoms with Crippen molar-refractivity contribution >= 4 is 17.5 Å². The number of benzene rings is 1. The van der Waals surface area contributed by atoms with Gasteiger partial charge in [-0.05, 0) is 31.0 Å². The van der Waals surface area contributed by atoms with Crippen molar-refractivity contribution in [3.63, 3.8) is 0 Å². The summed E-state index contributed by atoms with van der Waals surface area (Å²) in [4.78, 5) is 25.7. The van der Waals surface area contributed by atoms with Crippen LogP contribution in [0.2, 0.25) is 0 Å². The fourth-order valence-electron chi connectivity index (χ4n) is 2.24. The molecule has 0 bridgehead atoms. The SMILES string of the molecule is C[C@H](Cc1ccc(N(C)C)cc1)NC(=O)CCNC(=O)C(C)(C)C. The van der Waals surface area contributed by atoms with E-state index in [2.05, 4.69) is 39.8 Å². The number of hydrogen-bond acceptors (Lipinski definition) is 3. The van der Waals surface area contributed by atoms with E-state index in [-0.39, 0.29) is 17.9 Å². The van der Waals surface area contributed by atoms with Crippen molar-refractivity contribution in [2.24, 2.45) is 5.41 Å². The van der Waals surface area contributed by atoms with Crippen molar-refractivity contribution in [3.05, 3.63) is 29.8 Å². The predicted octanol–water partition coefficient (Wildman–Crippen LogP) is 2.35. The van der Waals surface area contributed by atoms with E-state index in [1.807, 2.05) is 41.8 Å². The number of amides is 2. The van der Waals surface area contributed by atoms with E-state index >= 15 is 0 Å². The quantitative estimate of drug-likeness (QED) is 0.805. The molecular formula is C19H31N3O2. The smallest absolute Gasteiger partial charge is 0.225 e. The number of hydrogen-bond donors (Lipinski definition) is 2. The van der Waals surface area contributed by atoms with Crippen LogP contribution in [0.25, 0.3) is 0 Å². The summed E-state index contributed by atoms with van der Waals surface area (Å²) in [6, 6.07) is 8.38. The Labute approximate surface area is 145 Å². The van der Waals surface area contributed by atoms with Gasteiger partial charge in [0.05, 0.1) is 0 Å². The average molecular weight is 333 g/mol. The second-order valence-electron chi connectivity index (χ2n) is 7.49. The van der Waals surface area contributed by atoms with Gasteiger partial charge in [-0.3, -0.25) is 9.59 Å². The summed E-state index contributed by atoms with van der Waals surface area (Å²) in [5, 5.41) is 5.77. The average Bonchev–Trinajstić information content (AvgIpc) is 2.46. The van der Waals surface area contributed by atoms with Gasteiger partial charge in [0.25, 0.3) is 0 Å². The van der Waals surface area contributed by atoms with E-state index < -0.39 is 5.41 Å². The molecule has 0 aliphatic carbocycles. The van der Waals surface area contributed by atoms with Gasteiger partial charge in [-0.15, -0.1) is 0 Å². The normalized spacial score (nSPS) is 12.4. The van der Waals surface area contributed by atoms with Crippen LogP contribution in [0.3, 0.4) is 0 Å². The Morgan fingerprint density at radius 2 is 1.71 bits per heavy atom. The summed E-state index contributed by atoms with van der Waals surface area (Å²) in [5.74, 6) is -0.0778. The standard InChI is InChI=1S/C19H31N3O2/c1-14(13-15-7-9-16(10-8-15)22(5)6)21-17(23)11-12-20-18(24)19(2,3)4/h7-10,14H,11-13H2,1-6H3,(H,20,24)(H,21,23)/t14-/m1/s1. The van der Waals surface area contributed by atoms with Crippen molar-refractivity contribution < 1.29 is 9.59 Å². The maximum absolute atomic E-state index is 11.9. The zero-order chi connectivity index (χ0) is 18.3. The summed E-state index contributed by atoms with van der Waals surface area (Å²) < 4.78 is 0. The molecule has 1 aromatic rings. The Balaban J connectivity index is 2.35. The molecule has 1 atom stereocenters. The number of anilines is 1. The molecular weight excluding hydrogens is 302 g/mol. The fraction of sp³-hybridized carbons (Fsp3) is 0.579. The van der Waals surface area contributed by atoms with Crippen molar-refractivity contribution in [1.29, 1.82) is 0 Å². The number of rotatable bonds is 7. The van der Waals surface area contributed by atoms with Gasteiger partial charge >= 0.3 is 0 Å². The second-order valence-corrected chi connectivity index (χ2v) is 7.49. The molecule has 0 saturated carbocycles. The Hall–Kier alpha value is -2.04. The van der Waals surface area contributed by atoms with Gasteiger partial charge in [-0.2, -0.15) is 0 Å². The summed E-state index contributed by atoms with van der Waals surface area (Å²) in [6.45, 7) is 7.92. The third kappa shape index (κ3) is 7.02. The Bertz CT molecular complexity index is 545. The van der Waals surface area contributed by atoms with E-state index in [0.717, 1.165) is 12.1 Å². The van der Waals surface area contributed by atoms with Crippen LogP contribution in [-0.4, -0.2) is 38.5 Å². The van der Waals surface area contributed by atoms with Crippen molar-refractivity contribution in [2.75, 3.05) is 25.5 Å². The third-order valence-electron chi connectivity index (χ3n) is 3.72. The minimum Gasteiger partial charge on any atom is -0.378 e. The number of carbonyl (C=O) groups is 2. The lowest BCUT2D eigenvalue weighted by atomic mass is 9.96. The Morgan fingerprint density at radius 3 is 2.21 bits per heavy atom. The van der Waals surface area contributed by atoms with E-state index in [1.54, 1.807) is 0 Å². The molecule has 0 spiro atoms.